The number of carbonyl (C=O) groups excluding carboxylic acids is 3. The van der Waals surface area contributed by atoms with Crippen LogP contribution in [0.15, 0.2) is 18.2 Å². The van der Waals surface area contributed by atoms with Crippen LogP contribution in [-0.2, 0) is 14.3 Å². The second-order valence-corrected chi connectivity index (χ2v) is 9.96. The minimum atomic E-state index is -0.687. The van der Waals surface area contributed by atoms with E-state index in [2.05, 4.69) is 16.7 Å². The van der Waals surface area contributed by atoms with E-state index in [1.54, 1.807) is 12.1 Å². The average Bonchev–Trinajstić information content (AvgIpc) is 3.25. The van der Waals surface area contributed by atoms with Gasteiger partial charge < -0.3 is 20.3 Å². The molecule has 0 bridgehead atoms. The molecule has 3 fully saturated rings. The van der Waals surface area contributed by atoms with Gasteiger partial charge in [-0.3, -0.25) is 14.5 Å². The van der Waals surface area contributed by atoms with Crippen molar-refractivity contribution in [1.29, 1.82) is 5.26 Å². The second-order valence-electron chi connectivity index (χ2n) is 9.96. The molecule has 1 aliphatic carbocycles. The molecule has 4 rings (SSSR count). The van der Waals surface area contributed by atoms with Crippen LogP contribution in [0.2, 0.25) is 0 Å². The predicted molar refractivity (Wildman–Crippen MR) is 132 cm³/mol. The minimum Gasteiger partial charge on any atom is -0.442 e. The Hall–Kier alpha value is -3.35. The maximum absolute atomic E-state index is 15.1. The van der Waals surface area contributed by atoms with Crippen molar-refractivity contribution in [3.8, 4) is 6.07 Å². The minimum absolute atomic E-state index is 0.0582. The van der Waals surface area contributed by atoms with Crippen LogP contribution in [0.5, 0.6) is 0 Å². The lowest BCUT2D eigenvalue weighted by Crippen LogP contribution is -2.44. The summed E-state index contributed by atoms with van der Waals surface area (Å²) in [6.45, 7) is 2.90. The second kappa shape index (κ2) is 11.6. The number of hydrogen-bond donors (Lipinski definition) is 2. The molecule has 0 radical (unpaired) electrons. The highest BCUT2D eigenvalue weighted by Crippen LogP contribution is 2.32. The molecular formula is C26H34FN5O4. The molecule has 2 saturated heterocycles. The fourth-order valence-electron chi connectivity index (χ4n) is 5.41. The molecule has 194 valence electrons. The number of rotatable bonds is 7. The van der Waals surface area contributed by atoms with Gasteiger partial charge in [-0.2, -0.15) is 5.26 Å². The van der Waals surface area contributed by atoms with E-state index in [9.17, 15) is 19.6 Å². The number of cyclic esters (lactones) is 1. The van der Waals surface area contributed by atoms with Crippen molar-refractivity contribution in [3.05, 3.63) is 24.0 Å². The van der Waals surface area contributed by atoms with E-state index in [1.807, 2.05) is 4.90 Å². The highest BCUT2D eigenvalue weighted by molar-refractivity contribution is 5.90. The Bertz CT molecular complexity index is 1010. The lowest BCUT2D eigenvalue weighted by molar-refractivity contribution is -0.126. The Morgan fingerprint density at radius 2 is 1.92 bits per heavy atom. The molecule has 2 atom stereocenters. The number of benzene rings is 1. The average molecular weight is 500 g/mol. The van der Waals surface area contributed by atoms with Crippen molar-refractivity contribution in [2.45, 2.75) is 64.0 Å². The smallest absolute Gasteiger partial charge is 0.414 e. The molecule has 1 aromatic rings. The van der Waals surface area contributed by atoms with Crippen LogP contribution < -0.4 is 20.4 Å². The molecule has 3 amide bonds. The molecule has 1 aromatic carbocycles. The van der Waals surface area contributed by atoms with E-state index < -0.39 is 23.9 Å². The fraction of sp³-hybridized carbons (Fsp3) is 0.615. The van der Waals surface area contributed by atoms with Crippen molar-refractivity contribution in [1.82, 2.24) is 10.6 Å². The number of anilines is 2. The van der Waals surface area contributed by atoms with Gasteiger partial charge in [-0.15, -0.1) is 0 Å². The first-order valence-corrected chi connectivity index (χ1v) is 12.8. The van der Waals surface area contributed by atoms with Crippen LogP contribution in [0.3, 0.4) is 0 Å². The normalized spacial score (nSPS) is 22.0. The third-order valence-corrected chi connectivity index (χ3v) is 7.42. The van der Waals surface area contributed by atoms with E-state index in [0.29, 0.717) is 37.3 Å². The molecule has 2 heterocycles. The number of nitrogens with zero attached hydrogens (tertiary/aromatic N) is 3. The molecule has 10 heteroatoms. The fourth-order valence-corrected chi connectivity index (χ4v) is 5.41. The molecule has 9 nitrogen and oxygen atoms in total. The lowest BCUT2D eigenvalue weighted by atomic mass is 9.83. The number of halogens is 1. The van der Waals surface area contributed by atoms with Crippen LogP contribution in [0, 0.1) is 29.0 Å². The first-order chi connectivity index (χ1) is 17.4. The van der Waals surface area contributed by atoms with E-state index in [0.717, 1.165) is 25.7 Å². The van der Waals surface area contributed by atoms with Crippen molar-refractivity contribution >= 4 is 29.3 Å². The van der Waals surface area contributed by atoms with Gasteiger partial charge in [-0.05, 0) is 49.8 Å². The first-order valence-electron chi connectivity index (χ1n) is 12.8. The number of piperidine rings is 1. The largest absolute Gasteiger partial charge is 0.442 e. The summed E-state index contributed by atoms with van der Waals surface area (Å²) in [7, 11) is 0. The van der Waals surface area contributed by atoms with Crippen molar-refractivity contribution in [2.24, 2.45) is 11.8 Å². The van der Waals surface area contributed by atoms with E-state index in [4.69, 9.17) is 4.74 Å². The summed E-state index contributed by atoms with van der Waals surface area (Å²) in [4.78, 5) is 39.4. The third kappa shape index (κ3) is 6.07. The van der Waals surface area contributed by atoms with E-state index in [1.165, 1.54) is 24.3 Å². The number of ether oxygens (including phenoxy) is 1. The quantitative estimate of drug-likeness (QED) is 0.596. The Balaban J connectivity index is 1.32. The molecular weight excluding hydrogens is 465 g/mol. The Kier molecular flexibility index (Phi) is 8.28. The van der Waals surface area contributed by atoms with Crippen LogP contribution in [0.1, 0.15) is 51.9 Å². The summed E-state index contributed by atoms with van der Waals surface area (Å²) >= 11 is 0. The van der Waals surface area contributed by atoms with Gasteiger partial charge >= 0.3 is 6.09 Å². The number of hydrogen-bond acceptors (Lipinski definition) is 6. The van der Waals surface area contributed by atoms with E-state index >= 15 is 4.39 Å². The Morgan fingerprint density at radius 3 is 2.56 bits per heavy atom. The SMILES string of the molecule is CC(=O)NC[C@H]1CN(c2ccc(N3CCC(C(C#N)C(=O)NC4CCCCC4)CC3)c(F)c2)C(=O)O1. The third-order valence-electron chi connectivity index (χ3n) is 7.42. The van der Waals surface area contributed by atoms with Gasteiger partial charge in [-0.25, -0.2) is 9.18 Å². The first kappa shape index (κ1) is 25.7. The monoisotopic (exact) mass is 499 g/mol. The van der Waals surface area contributed by atoms with Gasteiger partial charge in [0.1, 0.15) is 17.8 Å². The molecule has 1 saturated carbocycles. The highest BCUT2D eigenvalue weighted by atomic mass is 19.1. The standard InChI is InChI=1S/C26H34FN5O4/c1-17(33)29-15-21-16-32(26(35)36-21)20-7-8-24(23(27)13-20)31-11-9-18(10-12-31)22(14-28)25(34)30-19-5-3-2-4-6-19/h7-8,13,18-19,21-22H,2-6,9-12,15-16H2,1H3,(H,29,33)(H,30,34)/t21-,22?/m0/s1. The summed E-state index contributed by atoms with van der Waals surface area (Å²) in [6, 6.07) is 7.03. The summed E-state index contributed by atoms with van der Waals surface area (Å²) in [5.41, 5.74) is 0.824. The van der Waals surface area contributed by atoms with Crippen LogP contribution in [-0.4, -0.2) is 56.2 Å². The number of amides is 3. The summed E-state index contributed by atoms with van der Waals surface area (Å²) in [5.74, 6) is -1.58. The molecule has 0 spiro atoms. The van der Waals surface area contributed by atoms with Crippen molar-refractivity contribution < 1.29 is 23.5 Å². The van der Waals surface area contributed by atoms with Gasteiger partial charge in [0.2, 0.25) is 11.8 Å². The van der Waals surface area contributed by atoms with Gasteiger partial charge in [0.25, 0.3) is 0 Å². The van der Waals surface area contributed by atoms with Crippen molar-refractivity contribution in [2.75, 3.05) is 36.0 Å². The topological polar surface area (TPSA) is 115 Å². The molecule has 3 aliphatic rings. The molecule has 0 aromatic heterocycles. The van der Waals surface area contributed by atoms with Gasteiger partial charge in [0.05, 0.1) is 30.5 Å². The van der Waals surface area contributed by atoms with Crippen LogP contribution in [0.25, 0.3) is 0 Å². The van der Waals surface area contributed by atoms with Crippen LogP contribution in [0.4, 0.5) is 20.6 Å². The summed E-state index contributed by atoms with van der Waals surface area (Å²) in [6.07, 6.45) is 5.56. The maximum atomic E-state index is 15.1. The Labute approximate surface area is 210 Å². The highest BCUT2D eigenvalue weighted by Gasteiger charge is 2.35. The number of carbonyl (C=O) groups is 3. The molecule has 36 heavy (non-hydrogen) atoms. The van der Waals surface area contributed by atoms with Gasteiger partial charge in [0, 0.05) is 26.1 Å². The lowest BCUT2D eigenvalue weighted by Gasteiger charge is -2.35. The number of nitrogens with one attached hydrogen (secondary N) is 2. The zero-order valence-corrected chi connectivity index (χ0v) is 20.7. The van der Waals surface area contributed by atoms with Crippen molar-refractivity contribution in [3.63, 3.8) is 0 Å². The summed E-state index contributed by atoms with van der Waals surface area (Å²) in [5, 5.41) is 15.4. The maximum Gasteiger partial charge on any atom is 0.414 e. The van der Waals surface area contributed by atoms with Gasteiger partial charge in [0.15, 0.2) is 0 Å². The van der Waals surface area contributed by atoms with Gasteiger partial charge in [-0.1, -0.05) is 19.3 Å². The van der Waals surface area contributed by atoms with E-state index in [-0.39, 0.29) is 36.9 Å². The van der Waals surface area contributed by atoms with Crippen LogP contribution >= 0.6 is 0 Å². The molecule has 2 N–H and O–H groups in total. The Morgan fingerprint density at radius 1 is 1.19 bits per heavy atom. The zero-order valence-electron chi connectivity index (χ0n) is 20.7. The molecule has 2 aliphatic heterocycles. The molecule has 1 unspecified atom stereocenters. The zero-order chi connectivity index (χ0) is 25.7. The predicted octanol–water partition coefficient (Wildman–Crippen LogP) is 3.09. The summed E-state index contributed by atoms with van der Waals surface area (Å²) < 4.78 is 20.3. The number of nitriles is 1.